The van der Waals surface area contributed by atoms with Gasteiger partial charge in [0.1, 0.15) is 0 Å². The molecule has 4 heteroatoms. The standard InChI is InChI=1S/C13H14O4/c1-3-17-13(16)11(9(2)14)12(15)10-7-5-4-6-8-10/h4-8,11H,3H2,1-2H3. The third kappa shape index (κ3) is 3.24. The molecule has 1 atom stereocenters. The van der Waals surface area contributed by atoms with E-state index in [4.69, 9.17) is 4.74 Å². The summed E-state index contributed by atoms with van der Waals surface area (Å²) in [6.45, 7) is 2.98. The molecule has 0 N–H and O–H groups in total. The van der Waals surface area contributed by atoms with Crippen molar-refractivity contribution in [3.05, 3.63) is 35.9 Å². The summed E-state index contributed by atoms with van der Waals surface area (Å²) < 4.78 is 4.73. The smallest absolute Gasteiger partial charge is 0.324 e. The van der Waals surface area contributed by atoms with Crippen LogP contribution in [0.4, 0.5) is 0 Å². The maximum absolute atomic E-state index is 12.0. The Morgan fingerprint density at radius 2 is 1.76 bits per heavy atom. The summed E-state index contributed by atoms with van der Waals surface area (Å²) in [5.74, 6) is -3.15. The summed E-state index contributed by atoms with van der Waals surface area (Å²) in [6, 6.07) is 8.24. The van der Waals surface area contributed by atoms with Crippen molar-refractivity contribution in [3.63, 3.8) is 0 Å². The third-order valence-electron chi connectivity index (χ3n) is 2.25. The number of hydrogen-bond donors (Lipinski definition) is 0. The Hall–Kier alpha value is -1.97. The first-order valence-electron chi connectivity index (χ1n) is 5.34. The molecular formula is C13H14O4. The number of hydrogen-bond acceptors (Lipinski definition) is 4. The monoisotopic (exact) mass is 234 g/mol. The SMILES string of the molecule is CCOC(=O)C(C(C)=O)C(=O)c1ccccc1. The highest BCUT2D eigenvalue weighted by Crippen LogP contribution is 2.12. The largest absolute Gasteiger partial charge is 0.465 e. The fourth-order valence-electron chi connectivity index (χ4n) is 1.45. The Kier molecular flexibility index (Phi) is 4.57. The van der Waals surface area contributed by atoms with Crippen molar-refractivity contribution in [2.75, 3.05) is 6.61 Å². The van der Waals surface area contributed by atoms with E-state index in [0.29, 0.717) is 5.56 Å². The summed E-state index contributed by atoms with van der Waals surface area (Å²) in [7, 11) is 0. The average molecular weight is 234 g/mol. The van der Waals surface area contributed by atoms with E-state index in [0.717, 1.165) is 0 Å². The van der Waals surface area contributed by atoms with E-state index in [1.54, 1.807) is 37.3 Å². The molecule has 0 radical (unpaired) electrons. The molecule has 0 bridgehead atoms. The van der Waals surface area contributed by atoms with Crippen LogP contribution in [0.5, 0.6) is 0 Å². The van der Waals surface area contributed by atoms with Gasteiger partial charge in [0.05, 0.1) is 6.61 Å². The second-order valence-corrected chi connectivity index (χ2v) is 3.53. The molecule has 1 unspecified atom stereocenters. The molecule has 0 saturated heterocycles. The molecule has 0 spiro atoms. The Morgan fingerprint density at radius 1 is 1.18 bits per heavy atom. The molecular weight excluding hydrogens is 220 g/mol. The Morgan fingerprint density at radius 3 is 2.24 bits per heavy atom. The number of carbonyl (C=O) groups excluding carboxylic acids is 3. The van der Waals surface area contributed by atoms with E-state index >= 15 is 0 Å². The molecule has 90 valence electrons. The van der Waals surface area contributed by atoms with Gasteiger partial charge >= 0.3 is 5.97 Å². The van der Waals surface area contributed by atoms with Crippen LogP contribution in [-0.4, -0.2) is 24.1 Å². The second kappa shape index (κ2) is 5.94. The lowest BCUT2D eigenvalue weighted by Crippen LogP contribution is -2.32. The number of Topliss-reactive ketones (excluding diaryl/α,β-unsaturated/α-hetero) is 2. The summed E-state index contributed by atoms with van der Waals surface area (Å²) in [5.41, 5.74) is 0.334. The summed E-state index contributed by atoms with van der Waals surface area (Å²) in [4.78, 5) is 34.9. The highest BCUT2D eigenvalue weighted by molar-refractivity contribution is 6.21. The lowest BCUT2D eigenvalue weighted by Gasteiger charge is -2.11. The molecule has 0 heterocycles. The van der Waals surface area contributed by atoms with Gasteiger partial charge in [-0.15, -0.1) is 0 Å². The molecule has 0 amide bonds. The predicted molar refractivity (Wildman–Crippen MR) is 61.6 cm³/mol. The van der Waals surface area contributed by atoms with E-state index in [9.17, 15) is 14.4 Å². The zero-order chi connectivity index (χ0) is 12.8. The van der Waals surface area contributed by atoms with Gasteiger partial charge in [-0.1, -0.05) is 30.3 Å². The molecule has 0 aliphatic carbocycles. The van der Waals surface area contributed by atoms with Crippen molar-refractivity contribution in [1.82, 2.24) is 0 Å². The maximum Gasteiger partial charge on any atom is 0.324 e. The lowest BCUT2D eigenvalue weighted by atomic mass is 9.94. The molecule has 1 rings (SSSR count). The Bertz CT molecular complexity index is 422. The van der Waals surface area contributed by atoms with Gasteiger partial charge in [0.2, 0.25) is 0 Å². The number of carbonyl (C=O) groups is 3. The van der Waals surface area contributed by atoms with Crippen LogP contribution in [-0.2, 0) is 14.3 Å². The van der Waals surface area contributed by atoms with Crippen LogP contribution in [0, 0.1) is 5.92 Å². The number of rotatable bonds is 5. The molecule has 1 aromatic rings. The number of ketones is 2. The lowest BCUT2D eigenvalue weighted by molar-refractivity contribution is -0.148. The van der Waals surface area contributed by atoms with E-state index < -0.39 is 23.5 Å². The summed E-state index contributed by atoms with van der Waals surface area (Å²) >= 11 is 0. The van der Waals surface area contributed by atoms with Gasteiger partial charge in [-0.2, -0.15) is 0 Å². The second-order valence-electron chi connectivity index (χ2n) is 3.53. The fourth-order valence-corrected chi connectivity index (χ4v) is 1.45. The molecule has 0 aliphatic rings. The van der Waals surface area contributed by atoms with Crippen LogP contribution in [0.2, 0.25) is 0 Å². The molecule has 0 aromatic heterocycles. The van der Waals surface area contributed by atoms with Gasteiger partial charge in [0.25, 0.3) is 0 Å². The van der Waals surface area contributed by atoms with E-state index in [1.807, 2.05) is 0 Å². The van der Waals surface area contributed by atoms with E-state index in [2.05, 4.69) is 0 Å². The van der Waals surface area contributed by atoms with Gasteiger partial charge in [-0.05, 0) is 13.8 Å². The third-order valence-corrected chi connectivity index (χ3v) is 2.25. The minimum absolute atomic E-state index is 0.144. The van der Waals surface area contributed by atoms with Crippen LogP contribution >= 0.6 is 0 Å². The first kappa shape index (κ1) is 13.1. The van der Waals surface area contributed by atoms with E-state index in [1.165, 1.54) is 6.92 Å². The summed E-state index contributed by atoms with van der Waals surface area (Å²) in [5, 5.41) is 0. The number of esters is 1. The average Bonchev–Trinajstić information content (AvgIpc) is 2.30. The Balaban J connectivity index is 2.97. The molecule has 0 aliphatic heterocycles. The minimum atomic E-state index is -1.35. The van der Waals surface area contributed by atoms with Crippen molar-refractivity contribution in [3.8, 4) is 0 Å². The maximum atomic E-state index is 12.0. The van der Waals surface area contributed by atoms with Gasteiger partial charge in [0, 0.05) is 5.56 Å². The van der Waals surface area contributed by atoms with Crippen LogP contribution in [0.3, 0.4) is 0 Å². The minimum Gasteiger partial charge on any atom is -0.465 e. The van der Waals surface area contributed by atoms with E-state index in [-0.39, 0.29) is 6.61 Å². The van der Waals surface area contributed by atoms with Crippen molar-refractivity contribution < 1.29 is 19.1 Å². The van der Waals surface area contributed by atoms with Crippen LogP contribution in [0.15, 0.2) is 30.3 Å². The molecule has 4 nitrogen and oxygen atoms in total. The molecule has 17 heavy (non-hydrogen) atoms. The summed E-state index contributed by atoms with van der Waals surface area (Å²) in [6.07, 6.45) is 0. The van der Waals surface area contributed by atoms with Crippen LogP contribution < -0.4 is 0 Å². The fraction of sp³-hybridized carbons (Fsp3) is 0.308. The molecule has 0 fully saturated rings. The Labute approximate surface area is 99.6 Å². The van der Waals surface area contributed by atoms with Gasteiger partial charge in [0.15, 0.2) is 17.5 Å². The normalized spacial score (nSPS) is 11.6. The number of benzene rings is 1. The highest BCUT2D eigenvalue weighted by Gasteiger charge is 2.32. The van der Waals surface area contributed by atoms with Crippen molar-refractivity contribution in [2.24, 2.45) is 5.92 Å². The molecule has 1 aromatic carbocycles. The number of ether oxygens (including phenoxy) is 1. The zero-order valence-corrected chi connectivity index (χ0v) is 9.80. The van der Waals surface area contributed by atoms with Crippen molar-refractivity contribution in [2.45, 2.75) is 13.8 Å². The molecule has 0 saturated carbocycles. The van der Waals surface area contributed by atoms with Crippen LogP contribution in [0.25, 0.3) is 0 Å². The predicted octanol–water partition coefficient (Wildman–Crippen LogP) is 1.64. The van der Waals surface area contributed by atoms with Gasteiger partial charge < -0.3 is 4.74 Å². The first-order chi connectivity index (χ1) is 8.07. The van der Waals surface area contributed by atoms with Crippen molar-refractivity contribution in [1.29, 1.82) is 0 Å². The van der Waals surface area contributed by atoms with Gasteiger partial charge in [-0.25, -0.2) is 0 Å². The van der Waals surface area contributed by atoms with Gasteiger partial charge in [-0.3, -0.25) is 14.4 Å². The quantitative estimate of drug-likeness (QED) is 0.441. The topological polar surface area (TPSA) is 60.4 Å². The highest BCUT2D eigenvalue weighted by atomic mass is 16.5. The van der Waals surface area contributed by atoms with Crippen molar-refractivity contribution >= 4 is 17.5 Å². The zero-order valence-electron chi connectivity index (χ0n) is 9.80. The van der Waals surface area contributed by atoms with Crippen LogP contribution in [0.1, 0.15) is 24.2 Å². The first-order valence-corrected chi connectivity index (χ1v) is 5.34.